The predicted molar refractivity (Wildman–Crippen MR) is 47.9 cm³/mol. The molecule has 0 heterocycles. The minimum absolute atomic E-state index is 0. The Kier molecular flexibility index (Phi) is 4.00. The van der Waals surface area contributed by atoms with Gasteiger partial charge >= 0.3 is 0 Å². The molecule has 2 saturated carbocycles. The van der Waals surface area contributed by atoms with Crippen molar-refractivity contribution in [1.29, 1.82) is 0 Å². The molecule has 0 amide bonds. The minimum atomic E-state index is 0. The molecule has 62 valence electrons. The third-order valence-corrected chi connectivity index (χ3v) is 2.79. The van der Waals surface area contributed by atoms with Crippen LogP contribution < -0.4 is 5.73 Å². The van der Waals surface area contributed by atoms with Crippen LogP contribution in [0.15, 0.2) is 0 Å². The molecule has 2 aliphatic rings. The molecule has 0 aliphatic heterocycles. The molecular weight excluding hydrogens is 169 g/mol. The molecular formula is C7H15Cl2N. The van der Waals surface area contributed by atoms with Gasteiger partial charge in [0.15, 0.2) is 0 Å². The number of rotatable bonds is 0. The fourth-order valence-electron chi connectivity index (χ4n) is 2.29. The van der Waals surface area contributed by atoms with Crippen molar-refractivity contribution in [2.75, 3.05) is 0 Å². The van der Waals surface area contributed by atoms with E-state index in [2.05, 4.69) is 0 Å². The van der Waals surface area contributed by atoms with E-state index in [0.29, 0.717) is 6.04 Å². The molecule has 0 saturated heterocycles. The monoisotopic (exact) mass is 183 g/mol. The Morgan fingerprint density at radius 2 is 1.70 bits per heavy atom. The molecule has 2 N–H and O–H groups in total. The average Bonchev–Trinajstić information content (AvgIpc) is 2.23. The summed E-state index contributed by atoms with van der Waals surface area (Å²) < 4.78 is 0. The summed E-state index contributed by atoms with van der Waals surface area (Å²) in [7, 11) is 0. The highest BCUT2D eigenvalue weighted by Gasteiger charge is 2.36. The summed E-state index contributed by atoms with van der Waals surface area (Å²) in [6, 6.07) is 0.578. The molecule has 3 heteroatoms. The maximum atomic E-state index is 5.82. The van der Waals surface area contributed by atoms with E-state index in [1.54, 1.807) is 0 Å². The van der Waals surface area contributed by atoms with Crippen molar-refractivity contribution in [3.8, 4) is 0 Å². The Labute approximate surface area is 74.6 Å². The summed E-state index contributed by atoms with van der Waals surface area (Å²) in [6.45, 7) is 0. The second-order valence-corrected chi connectivity index (χ2v) is 3.34. The van der Waals surface area contributed by atoms with E-state index in [1.807, 2.05) is 0 Å². The Morgan fingerprint density at radius 1 is 1.00 bits per heavy atom. The van der Waals surface area contributed by atoms with Crippen LogP contribution in [0, 0.1) is 11.8 Å². The van der Waals surface area contributed by atoms with Crippen molar-refractivity contribution in [2.45, 2.75) is 31.7 Å². The summed E-state index contributed by atoms with van der Waals surface area (Å²) in [5.41, 5.74) is 5.82. The Balaban J connectivity index is 0.000000405. The van der Waals surface area contributed by atoms with Gasteiger partial charge in [-0.2, -0.15) is 0 Å². The SMILES string of the molecule is Cl.Cl.NC1CC2CCC1C2. The van der Waals surface area contributed by atoms with Crippen LogP contribution in [0.25, 0.3) is 0 Å². The van der Waals surface area contributed by atoms with Crippen LogP contribution in [0.3, 0.4) is 0 Å². The van der Waals surface area contributed by atoms with E-state index in [0.717, 1.165) is 11.8 Å². The first-order valence-corrected chi connectivity index (χ1v) is 3.62. The molecule has 2 fully saturated rings. The van der Waals surface area contributed by atoms with E-state index < -0.39 is 0 Å². The Bertz CT molecular complexity index is 106. The van der Waals surface area contributed by atoms with Gasteiger partial charge in [0.05, 0.1) is 0 Å². The van der Waals surface area contributed by atoms with Gasteiger partial charge in [0.1, 0.15) is 0 Å². The van der Waals surface area contributed by atoms with Crippen LogP contribution in [0.2, 0.25) is 0 Å². The fourth-order valence-corrected chi connectivity index (χ4v) is 2.29. The molecule has 0 aromatic rings. The Hall–Kier alpha value is 0.540. The molecule has 0 aromatic heterocycles. The number of hydrogen-bond donors (Lipinski definition) is 1. The van der Waals surface area contributed by atoms with Gasteiger partial charge in [-0.3, -0.25) is 0 Å². The third-order valence-electron chi connectivity index (χ3n) is 2.79. The van der Waals surface area contributed by atoms with Crippen molar-refractivity contribution in [2.24, 2.45) is 17.6 Å². The summed E-state index contributed by atoms with van der Waals surface area (Å²) in [6.07, 6.45) is 5.66. The van der Waals surface area contributed by atoms with E-state index >= 15 is 0 Å². The lowest BCUT2D eigenvalue weighted by atomic mass is 9.96. The van der Waals surface area contributed by atoms with Crippen LogP contribution >= 0.6 is 24.8 Å². The summed E-state index contributed by atoms with van der Waals surface area (Å²) in [5.74, 6) is 1.94. The molecule has 2 bridgehead atoms. The predicted octanol–water partition coefficient (Wildman–Crippen LogP) is 1.98. The normalized spacial score (nSPS) is 42.3. The summed E-state index contributed by atoms with van der Waals surface area (Å²) in [4.78, 5) is 0. The van der Waals surface area contributed by atoms with Crippen LogP contribution in [0.1, 0.15) is 25.7 Å². The highest BCUT2D eigenvalue weighted by Crippen LogP contribution is 2.43. The highest BCUT2D eigenvalue weighted by atomic mass is 35.5. The van der Waals surface area contributed by atoms with Crippen molar-refractivity contribution < 1.29 is 0 Å². The highest BCUT2D eigenvalue weighted by molar-refractivity contribution is 5.85. The zero-order valence-corrected chi connectivity index (χ0v) is 7.59. The van der Waals surface area contributed by atoms with Gasteiger partial charge in [-0.1, -0.05) is 6.42 Å². The van der Waals surface area contributed by atoms with E-state index in [4.69, 9.17) is 5.73 Å². The topological polar surface area (TPSA) is 26.0 Å². The van der Waals surface area contributed by atoms with Crippen molar-refractivity contribution >= 4 is 24.8 Å². The van der Waals surface area contributed by atoms with Crippen LogP contribution in [0.4, 0.5) is 0 Å². The third kappa shape index (κ3) is 1.58. The lowest BCUT2D eigenvalue weighted by Gasteiger charge is -2.15. The minimum Gasteiger partial charge on any atom is -0.327 e. The lowest BCUT2D eigenvalue weighted by Crippen LogP contribution is -2.26. The first-order valence-electron chi connectivity index (χ1n) is 3.62. The molecule has 3 atom stereocenters. The first-order chi connectivity index (χ1) is 3.86. The zero-order chi connectivity index (χ0) is 5.56. The van der Waals surface area contributed by atoms with Crippen molar-refractivity contribution in [1.82, 2.24) is 0 Å². The quantitative estimate of drug-likeness (QED) is 0.612. The summed E-state index contributed by atoms with van der Waals surface area (Å²) >= 11 is 0. The van der Waals surface area contributed by atoms with Gasteiger partial charge in [-0.05, 0) is 31.1 Å². The van der Waals surface area contributed by atoms with E-state index in [9.17, 15) is 0 Å². The maximum absolute atomic E-state index is 5.82. The molecule has 10 heavy (non-hydrogen) atoms. The molecule has 0 radical (unpaired) electrons. The molecule has 2 rings (SSSR count). The van der Waals surface area contributed by atoms with Gasteiger partial charge in [-0.25, -0.2) is 0 Å². The molecule has 1 nitrogen and oxygen atoms in total. The van der Waals surface area contributed by atoms with Crippen LogP contribution in [-0.2, 0) is 0 Å². The average molecular weight is 184 g/mol. The molecule has 0 aromatic carbocycles. The molecule has 3 unspecified atom stereocenters. The fraction of sp³-hybridized carbons (Fsp3) is 1.00. The number of halogens is 2. The summed E-state index contributed by atoms with van der Waals surface area (Å²) in [5, 5.41) is 0. The van der Waals surface area contributed by atoms with Gasteiger partial charge < -0.3 is 5.73 Å². The lowest BCUT2D eigenvalue weighted by molar-refractivity contribution is 0.418. The molecule has 0 spiro atoms. The second-order valence-electron chi connectivity index (χ2n) is 3.34. The second kappa shape index (κ2) is 3.80. The van der Waals surface area contributed by atoms with Gasteiger partial charge in [0.25, 0.3) is 0 Å². The van der Waals surface area contributed by atoms with Gasteiger partial charge in [-0.15, -0.1) is 24.8 Å². The number of nitrogens with two attached hydrogens (primary N) is 1. The molecule has 2 aliphatic carbocycles. The van der Waals surface area contributed by atoms with E-state index in [-0.39, 0.29) is 24.8 Å². The standard InChI is InChI=1S/C7H13N.2ClH/c8-7-4-5-1-2-6(7)3-5;;/h5-7H,1-4,8H2;2*1H. The van der Waals surface area contributed by atoms with E-state index in [1.165, 1.54) is 25.7 Å². The van der Waals surface area contributed by atoms with Crippen molar-refractivity contribution in [3.63, 3.8) is 0 Å². The van der Waals surface area contributed by atoms with Crippen LogP contribution in [0.5, 0.6) is 0 Å². The number of hydrogen-bond acceptors (Lipinski definition) is 1. The largest absolute Gasteiger partial charge is 0.327 e. The maximum Gasteiger partial charge on any atom is 0.00699 e. The van der Waals surface area contributed by atoms with Gasteiger partial charge in [0.2, 0.25) is 0 Å². The zero-order valence-electron chi connectivity index (χ0n) is 5.95. The van der Waals surface area contributed by atoms with Crippen molar-refractivity contribution in [3.05, 3.63) is 0 Å². The van der Waals surface area contributed by atoms with Gasteiger partial charge in [0, 0.05) is 6.04 Å². The number of fused-ring (bicyclic) bond motifs is 2. The van der Waals surface area contributed by atoms with Crippen LogP contribution in [-0.4, -0.2) is 6.04 Å². The Morgan fingerprint density at radius 3 is 1.90 bits per heavy atom. The first kappa shape index (κ1) is 10.5. The smallest absolute Gasteiger partial charge is 0.00699 e.